The lowest BCUT2D eigenvalue weighted by Crippen LogP contribution is -2.22. The van der Waals surface area contributed by atoms with Crippen LogP contribution in [0.4, 0.5) is 0 Å². The molecular weight excluding hydrogens is 168 g/mol. The summed E-state index contributed by atoms with van der Waals surface area (Å²) in [6, 6.07) is 0. The molecule has 0 aliphatic heterocycles. The van der Waals surface area contributed by atoms with E-state index in [9.17, 15) is 0 Å². The molecule has 4 unspecified atom stereocenters. The number of allylic oxidation sites excluding steroid dienone is 2. The highest BCUT2D eigenvalue weighted by Gasteiger charge is 2.23. The monoisotopic (exact) mass is 196 g/mol. The summed E-state index contributed by atoms with van der Waals surface area (Å²) < 4.78 is 0. The Kier molecular flexibility index (Phi) is 6.15. The lowest BCUT2D eigenvalue weighted by molar-refractivity contribution is 0.227. The lowest BCUT2D eigenvalue weighted by Gasteiger charge is -2.30. The van der Waals surface area contributed by atoms with Gasteiger partial charge in [-0.25, -0.2) is 0 Å². The van der Waals surface area contributed by atoms with Crippen LogP contribution in [-0.2, 0) is 0 Å². The van der Waals surface area contributed by atoms with Crippen LogP contribution in [0.15, 0.2) is 11.6 Å². The summed E-state index contributed by atoms with van der Waals surface area (Å²) in [5.41, 5.74) is 1.53. The summed E-state index contributed by atoms with van der Waals surface area (Å²) in [4.78, 5) is 0. The maximum absolute atomic E-state index is 2.40. The van der Waals surface area contributed by atoms with E-state index in [1.54, 1.807) is 0 Å². The normalized spacial score (nSPS) is 21.5. The maximum atomic E-state index is 2.40. The Balaban J connectivity index is 4.38. The predicted molar refractivity (Wildman–Crippen MR) is 66.4 cm³/mol. The molecular formula is C14H28. The molecule has 0 rings (SSSR count). The fourth-order valence-electron chi connectivity index (χ4n) is 2.02. The summed E-state index contributed by atoms with van der Waals surface area (Å²) in [5, 5.41) is 0. The van der Waals surface area contributed by atoms with E-state index in [4.69, 9.17) is 0 Å². The van der Waals surface area contributed by atoms with Gasteiger partial charge in [-0.05, 0) is 37.5 Å². The number of hydrogen-bond donors (Lipinski definition) is 0. The van der Waals surface area contributed by atoms with Gasteiger partial charge in [0.05, 0.1) is 0 Å². The van der Waals surface area contributed by atoms with Crippen LogP contribution in [0.5, 0.6) is 0 Å². The van der Waals surface area contributed by atoms with Crippen LogP contribution < -0.4 is 0 Å². The van der Waals surface area contributed by atoms with Gasteiger partial charge in [-0.15, -0.1) is 0 Å². The Morgan fingerprint density at radius 1 is 1.07 bits per heavy atom. The molecule has 0 heteroatoms. The molecule has 0 N–H and O–H groups in total. The van der Waals surface area contributed by atoms with Crippen molar-refractivity contribution in [1.82, 2.24) is 0 Å². The Hall–Kier alpha value is -0.260. The Labute approximate surface area is 90.8 Å². The van der Waals surface area contributed by atoms with Gasteiger partial charge >= 0.3 is 0 Å². The van der Waals surface area contributed by atoms with Gasteiger partial charge in [-0.1, -0.05) is 52.7 Å². The largest absolute Gasteiger partial charge is 0.0885 e. The SMILES string of the molecule is CC=C(C)C(C)C(C)C(C)C(C)CC. The zero-order chi connectivity index (χ0) is 11.3. The fraction of sp³-hybridized carbons (Fsp3) is 0.857. The Bertz CT molecular complexity index is 178. The summed E-state index contributed by atoms with van der Waals surface area (Å²) in [6.07, 6.45) is 3.55. The molecule has 0 amide bonds. The second-order valence-corrected chi connectivity index (χ2v) is 4.93. The summed E-state index contributed by atoms with van der Waals surface area (Å²) in [5.74, 6) is 3.19. The van der Waals surface area contributed by atoms with Gasteiger partial charge in [0.25, 0.3) is 0 Å². The van der Waals surface area contributed by atoms with Crippen molar-refractivity contribution in [3.63, 3.8) is 0 Å². The first-order chi connectivity index (χ1) is 6.45. The van der Waals surface area contributed by atoms with Gasteiger partial charge in [0.2, 0.25) is 0 Å². The van der Waals surface area contributed by atoms with Gasteiger partial charge in [0.1, 0.15) is 0 Å². The van der Waals surface area contributed by atoms with Crippen LogP contribution in [0.2, 0.25) is 0 Å². The molecule has 0 heterocycles. The van der Waals surface area contributed by atoms with E-state index in [0.29, 0.717) is 0 Å². The van der Waals surface area contributed by atoms with E-state index in [0.717, 1.165) is 23.7 Å². The van der Waals surface area contributed by atoms with Crippen LogP contribution in [0.25, 0.3) is 0 Å². The third-order valence-corrected chi connectivity index (χ3v) is 4.33. The van der Waals surface area contributed by atoms with E-state index in [-0.39, 0.29) is 0 Å². The second kappa shape index (κ2) is 6.27. The van der Waals surface area contributed by atoms with Crippen molar-refractivity contribution >= 4 is 0 Å². The first-order valence-corrected chi connectivity index (χ1v) is 6.08. The smallest absolute Gasteiger partial charge is 0.0206 e. The lowest BCUT2D eigenvalue weighted by atomic mass is 9.75. The quantitative estimate of drug-likeness (QED) is 0.548. The molecule has 0 aromatic rings. The third kappa shape index (κ3) is 3.48. The highest BCUT2D eigenvalue weighted by atomic mass is 14.3. The third-order valence-electron chi connectivity index (χ3n) is 4.33. The van der Waals surface area contributed by atoms with Crippen molar-refractivity contribution in [2.45, 2.75) is 54.9 Å². The van der Waals surface area contributed by atoms with Crippen molar-refractivity contribution < 1.29 is 0 Å². The van der Waals surface area contributed by atoms with Crippen LogP contribution >= 0.6 is 0 Å². The van der Waals surface area contributed by atoms with E-state index in [1.165, 1.54) is 12.0 Å². The molecule has 0 bridgehead atoms. The first-order valence-electron chi connectivity index (χ1n) is 6.08. The molecule has 0 aliphatic carbocycles. The van der Waals surface area contributed by atoms with Crippen molar-refractivity contribution in [1.29, 1.82) is 0 Å². The summed E-state index contributed by atoms with van der Waals surface area (Å²) in [7, 11) is 0. The number of rotatable bonds is 5. The van der Waals surface area contributed by atoms with E-state index >= 15 is 0 Å². The first kappa shape index (κ1) is 13.7. The Morgan fingerprint density at radius 2 is 1.57 bits per heavy atom. The second-order valence-electron chi connectivity index (χ2n) is 4.93. The molecule has 0 aliphatic rings. The predicted octanol–water partition coefficient (Wildman–Crippen LogP) is 4.91. The molecule has 0 radical (unpaired) electrons. The van der Waals surface area contributed by atoms with Gasteiger partial charge in [-0.3, -0.25) is 0 Å². The van der Waals surface area contributed by atoms with E-state index in [2.05, 4.69) is 54.5 Å². The van der Waals surface area contributed by atoms with Crippen molar-refractivity contribution in [3.8, 4) is 0 Å². The van der Waals surface area contributed by atoms with Gasteiger partial charge < -0.3 is 0 Å². The van der Waals surface area contributed by atoms with E-state index < -0.39 is 0 Å². The molecule has 4 atom stereocenters. The highest BCUT2D eigenvalue weighted by Crippen LogP contribution is 2.31. The van der Waals surface area contributed by atoms with Crippen LogP contribution in [-0.4, -0.2) is 0 Å². The van der Waals surface area contributed by atoms with Crippen molar-refractivity contribution in [2.75, 3.05) is 0 Å². The number of hydrogen-bond acceptors (Lipinski definition) is 0. The molecule has 0 saturated heterocycles. The molecule has 0 aromatic carbocycles. The molecule has 0 nitrogen and oxygen atoms in total. The van der Waals surface area contributed by atoms with Gasteiger partial charge in [0.15, 0.2) is 0 Å². The van der Waals surface area contributed by atoms with Gasteiger partial charge in [0, 0.05) is 0 Å². The minimum absolute atomic E-state index is 0.726. The molecule has 0 aromatic heterocycles. The molecule has 0 spiro atoms. The van der Waals surface area contributed by atoms with Crippen LogP contribution in [0.3, 0.4) is 0 Å². The Morgan fingerprint density at radius 3 is 1.93 bits per heavy atom. The maximum Gasteiger partial charge on any atom is -0.0206 e. The molecule has 14 heavy (non-hydrogen) atoms. The molecule has 0 saturated carbocycles. The highest BCUT2D eigenvalue weighted by molar-refractivity contribution is 5.02. The topological polar surface area (TPSA) is 0 Å². The van der Waals surface area contributed by atoms with Crippen LogP contribution in [0.1, 0.15) is 54.9 Å². The molecule has 0 fully saturated rings. The van der Waals surface area contributed by atoms with Gasteiger partial charge in [-0.2, -0.15) is 0 Å². The zero-order valence-corrected chi connectivity index (χ0v) is 11.1. The van der Waals surface area contributed by atoms with Crippen molar-refractivity contribution in [2.24, 2.45) is 23.7 Å². The average Bonchev–Trinajstić information content (AvgIpc) is 2.23. The van der Waals surface area contributed by atoms with Crippen LogP contribution in [0, 0.1) is 23.7 Å². The minimum Gasteiger partial charge on any atom is -0.0885 e. The molecule has 84 valence electrons. The van der Waals surface area contributed by atoms with Crippen molar-refractivity contribution in [3.05, 3.63) is 11.6 Å². The zero-order valence-electron chi connectivity index (χ0n) is 11.1. The summed E-state index contributed by atoms with van der Waals surface area (Å²) in [6.45, 7) is 16.2. The minimum atomic E-state index is 0.726. The standard InChI is InChI=1S/C14H28/c1-8-10(3)12(5)14(7)13(6)11(4)9-2/h8,11-14H,9H2,1-7H3. The fourth-order valence-corrected chi connectivity index (χ4v) is 2.02. The van der Waals surface area contributed by atoms with E-state index in [1.807, 2.05) is 0 Å². The summed E-state index contributed by atoms with van der Waals surface area (Å²) >= 11 is 0. The average molecular weight is 196 g/mol.